The number of primary amides is 1. The van der Waals surface area contributed by atoms with Crippen molar-refractivity contribution in [2.45, 2.75) is 26.2 Å². The summed E-state index contributed by atoms with van der Waals surface area (Å²) in [5, 5.41) is 0. The third-order valence-corrected chi connectivity index (χ3v) is 3.09. The Morgan fingerprint density at radius 3 is 2.11 bits per heavy atom. The lowest BCUT2D eigenvalue weighted by molar-refractivity contribution is 0.1000. The molecule has 1 aromatic carbocycles. The quantitative estimate of drug-likeness (QED) is 0.895. The first kappa shape index (κ1) is 13.3. The van der Waals surface area contributed by atoms with Crippen LogP contribution in [0.4, 0.5) is 0 Å². The van der Waals surface area contributed by atoms with Crippen LogP contribution in [0.25, 0.3) is 11.3 Å². The Morgan fingerprint density at radius 1 is 1.05 bits per heavy atom. The van der Waals surface area contributed by atoms with Gasteiger partial charge < -0.3 is 5.73 Å². The van der Waals surface area contributed by atoms with Crippen LogP contribution in [0.5, 0.6) is 0 Å². The smallest absolute Gasteiger partial charge is 0.250 e. The first-order chi connectivity index (χ1) is 8.88. The first-order valence-electron chi connectivity index (χ1n) is 6.25. The SMILES string of the molecule is CC(C)(C)c1ccc(-c2ccc(C(N)=O)cn2)cc1. The van der Waals surface area contributed by atoms with Gasteiger partial charge in [-0.2, -0.15) is 0 Å². The van der Waals surface area contributed by atoms with Gasteiger partial charge in [0.2, 0.25) is 5.91 Å². The molecule has 2 aromatic rings. The highest BCUT2D eigenvalue weighted by molar-refractivity contribution is 5.92. The summed E-state index contributed by atoms with van der Waals surface area (Å²) in [5.41, 5.74) is 8.91. The van der Waals surface area contributed by atoms with Crippen LogP contribution in [0.15, 0.2) is 42.6 Å². The van der Waals surface area contributed by atoms with Crippen molar-refractivity contribution in [1.29, 1.82) is 0 Å². The maximum Gasteiger partial charge on any atom is 0.250 e. The zero-order chi connectivity index (χ0) is 14.0. The molecule has 2 rings (SSSR count). The minimum Gasteiger partial charge on any atom is -0.366 e. The van der Waals surface area contributed by atoms with Crippen LogP contribution in [0, 0.1) is 0 Å². The Bertz CT molecular complexity index is 578. The minimum absolute atomic E-state index is 0.141. The van der Waals surface area contributed by atoms with Gasteiger partial charge in [-0.15, -0.1) is 0 Å². The Balaban J connectivity index is 2.30. The van der Waals surface area contributed by atoms with Crippen molar-refractivity contribution in [1.82, 2.24) is 4.98 Å². The number of hydrogen-bond donors (Lipinski definition) is 1. The number of benzene rings is 1. The summed E-state index contributed by atoms with van der Waals surface area (Å²) in [6.07, 6.45) is 1.51. The van der Waals surface area contributed by atoms with Crippen molar-refractivity contribution in [3.63, 3.8) is 0 Å². The number of carbonyl (C=O) groups is 1. The molecular formula is C16H18N2O. The molecule has 0 radical (unpaired) electrons. The Hall–Kier alpha value is -2.16. The molecule has 1 heterocycles. The van der Waals surface area contributed by atoms with Crippen LogP contribution in [0.1, 0.15) is 36.7 Å². The van der Waals surface area contributed by atoms with Gasteiger partial charge in [-0.1, -0.05) is 45.0 Å². The summed E-state index contributed by atoms with van der Waals surface area (Å²) in [6, 6.07) is 11.8. The highest BCUT2D eigenvalue weighted by Crippen LogP contribution is 2.25. The predicted molar refractivity (Wildman–Crippen MR) is 76.9 cm³/mol. The van der Waals surface area contributed by atoms with E-state index in [2.05, 4.69) is 37.9 Å². The maximum atomic E-state index is 11.0. The molecule has 3 nitrogen and oxygen atoms in total. The minimum atomic E-state index is -0.456. The summed E-state index contributed by atoms with van der Waals surface area (Å²) < 4.78 is 0. The largest absolute Gasteiger partial charge is 0.366 e. The van der Waals surface area contributed by atoms with Crippen LogP contribution in [-0.4, -0.2) is 10.9 Å². The van der Waals surface area contributed by atoms with Crippen LogP contribution < -0.4 is 5.73 Å². The van der Waals surface area contributed by atoms with Crippen molar-refractivity contribution < 1.29 is 4.79 Å². The molecule has 0 aliphatic carbocycles. The monoisotopic (exact) mass is 254 g/mol. The molecule has 1 amide bonds. The molecule has 0 spiro atoms. The van der Waals surface area contributed by atoms with Gasteiger partial charge in [0.25, 0.3) is 0 Å². The number of amides is 1. The summed E-state index contributed by atoms with van der Waals surface area (Å²) in [5.74, 6) is -0.456. The van der Waals surface area contributed by atoms with Gasteiger partial charge in [0.15, 0.2) is 0 Å². The summed E-state index contributed by atoms with van der Waals surface area (Å²) in [7, 11) is 0. The fraction of sp³-hybridized carbons (Fsp3) is 0.250. The van der Waals surface area contributed by atoms with E-state index in [9.17, 15) is 4.79 Å². The van der Waals surface area contributed by atoms with Crippen LogP contribution in [-0.2, 0) is 5.41 Å². The predicted octanol–water partition coefficient (Wildman–Crippen LogP) is 3.15. The molecule has 19 heavy (non-hydrogen) atoms. The molecule has 0 fully saturated rings. The second-order valence-electron chi connectivity index (χ2n) is 5.62. The van der Waals surface area contributed by atoms with Gasteiger partial charge in [0.05, 0.1) is 11.3 Å². The Morgan fingerprint density at radius 2 is 1.68 bits per heavy atom. The highest BCUT2D eigenvalue weighted by Gasteiger charge is 2.13. The van der Waals surface area contributed by atoms with Crippen LogP contribution >= 0.6 is 0 Å². The van der Waals surface area contributed by atoms with E-state index >= 15 is 0 Å². The van der Waals surface area contributed by atoms with Crippen LogP contribution in [0.3, 0.4) is 0 Å². The fourth-order valence-corrected chi connectivity index (χ4v) is 1.85. The van der Waals surface area contributed by atoms with E-state index < -0.39 is 5.91 Å². The lowest BCUT2D eigenvalue weighted by atomic mass is 9.86. The highest BCUT2D eigenvalue weighted by atomic mass is 16.1. The number of rotatable bonds is 2. The average molecular weight is 254 g/mol. The molecule has 0 bridgehead atoms. The third-order valence-electron chi connectivity index (χ3n) is 3.09. The summed E-state index contributed by atoms with van der Waals surface area (Å²) >= 11 is 0. The number of aromatic nitrogens is 1. The standard InChI is InChI=1S/C16H18N2O/c1-16(2,3)13-7-4-11(5-8-13)14-9-6-12(10-18-14)15(17)19/h4-10H,1-3H3,(H2,17,19). The van der Waals surface area contributed by atoms with Gasteiger partial charge in [-0.3, -0.25) is 9.78 Å². The van der Waals surface area contributed by atoms with Gasteiger partial charge >= 0.3 is 0 Å². The first-order valence-corrected chi connectivity index (χ1v) is 6.25. The molecule has 0 saturated heterocycles. The van der Waals surface area contributed by atoms with Crippen molar-refractivity contribution in [2.24, 2.45) is 5.73 Å². The molecule has 0 aliphatic heterocycles. The normalized spacial score (nSPS) is 11.3. The fourth-order valence-electron chi connectivity index (χ4n) is 1.85. The molecule has 3 heteroatoms. The maximum absolute atomic E-state index is 11.0. The van der Waals surface area contributed by atoms with Gasteiger partial charge in [-0.05, 0) is 23.1 Å². The van der Waals surface area contributed by atoms with E-state index in [1.165, 1.54) is 11.8 Å². The van der Waals surface area contributed by atoms with E-state index in [0.717, 1.165) is 11.3 Å². The number of nitrogens with two attached hydrogens (primary N) is 1. The number of nitrogens with zero attached hydrogens (tertiary/aromatic N) is 1. The Kier molecular flexibility index (Phi) is 3.38. The van der Waals surface area contributed by atoms with Crippen molar-refractivity contribution in [3.05, 3.63) is 53.7 Å². The van der Waals surface area contributed by atoms with Gasteiger partial charge in [0, 0.05) is 11.8 Å². The average Bonchev–Trinajstić information content (AvgIpc) is 2.38. The van der Waals surface area contributed by atoms with Crippen molar-refractivity contribution in [3.8, 4) is 11.3 Å². The molecule has 98 valence electrons. The summed E-state index contributed by atoms with van der Waals surface area (Å²) in [6.45, 7) is 6.55. The van der Waals surface area contributed by atoms with Gasteiger partial charge in [0.1, 0.15) is 0 Å². The summed E-state index contributed by atoms with van der Waals surface area (Å²) in [4.78, 5) is 15.2. The second-order valence-corrected chi connectivity index (χ2v) is 5.62. The molecule has 0 saturated carbocycles. The van der Waals surface area contributed by atoms with E-state index in [4.69, 9.17) is 5.73 Å². The number of pyridine rings is 1. The lowest BCUT2D eigenvalue weighted by Crippen LogP contribution is -2.11. The molecule has 0 aliphatic rings. The second kappa shape index (κ2) is 4.84. The van der Waals surface area contributed by atoms with Gasteiger partial charge in [-0.25, -0.2) is 0 Å². The number of carbonyl (C=O) groups excluding carboxylic acids is 1. The topological polar surface area (TPSA) is 56.0 Å². The molecular weight excluding hydrogens is 236 g/mol. The van der Waals surface area contributed by atoms with Crippen LogP contribution in [0.2, 0.25) is 0 Å². The molecule has 0 unspecified atom stereocenters. The Labute approximate surface area is 113 Å². The molecule has 0 atom stereocenters. The lowest BCUT2D eigenvalue weighted by Gasteiger charge is -2.19. The van der Waals surface area contributed by atoms with E-state index in [1.807, 2.05) is 18.2 Å². The van der Waals surface area contributed by atoms with Crippen molar-refractivity contribution in [2.75, 3.05) is 0 Å². The zero-order valence-electron chi connectivity index (χ0n) is 11.5. The molecule has 2 N–H and O–H groups in total. The van der Waals surface area contributed by atoms with Crippen molar-refractivity contribution >= 4 is 5.91 Å². The van der Waals surface area contributed by atoms with E-state index in [0.29, 0.717) is 5.56 Å². The zero-order valence-corrected chi connectivity index (χ0v) is 11.5. The van der Waals surface area contributed by atoms with E-state index in [-0.39, 0.29) is 5.41 Å². The third kappa shape index (κ3) is 2.99. The van der Waals surface area contributed by atoms with E-state index in [1.54, 1.807) is 6.07 Å². The number of hydrogen-bond acceptors (Lipinski definition) is 2. The molecule has 1 aromatic heterocycles.